The normalized spacial score (nSPS) is 11.9. The SMILES string of the molecule is CNCOP(=O)(O)O. The lowest BCUT2D eigenvalue weighted by Crippen LogP contribution is -2.09. The number of phosphoric ester groups is 1. The predicted molar refractivity (Wildman–Crippen MR) is 27.1 cm³/mol. The van der Waals surface area contributed by atoms with E-state index >= 15 is 0 Å². The van der Waals surface area contributed by atoms with Gasteiger partial charge in [0.15, 0.2) is 0 Å². The average Bonchev–Trinajstić information content (AvgIpc) is 1.59. The van der Waals surface area contributed by atoms with Gasteiger partial charge in [0.2, 0.25) is 0 Å². The zero-order valence-corrected chi connectivity index (χ0v) is 5.26. The van der Waals surface area contributed by atoms with Gasteiger partial charge in [0, 0.05) is 0 Å². The molecule has 0 aromatic heterocycles. The third-order valence-electron chi connectivity index (χ3n) is 0.377. The van der Waals surface area contributed by atoms with Gasteiger partial charge in [-0.3, -0.25) is 9.84 Å². The van der Waals surface area contributed by atoms with Gasteiger partial charge in [-0.25, -0.2) is 4.57 Å². The average molecular weight is 141 g/mol. The molecule has 0 bridgehead atoms. The Labute approximate surface area is 46.9 Å². The maximum Gasteiger partial charge on any atom is 0.470 e. The third-order valence-corrected chi connectivity index (χ3v) is 0.843. The molecular weight excluding hydrogens is 133 g/mol. The van der Waals surface area contributed by atoms with Crippen LogP contribution >= 0.6 is 7.82 Å². The molecule has 0 radical (unpaired) electrons. The van der Waals surface area contributed by atoms with Crippen molar-refractivity contribution in [2.45, 2.75) is 0 Å². The number of phosphoric acid groups is 1. The first-order valence-corrected chi connectivity index (χ1v) is 3.44. The summed E-state index contributed by atoms with van der Waals surface area (Å²) in [6.07, 6.45) is 0. The third kappa shape index (κ3) is 6.07. The molecule has 0 fully saturated rings. The lowest BCUT2D eigenvalue weighted by atomic mass is 11.2. The van der Waals surface area contributed by atoms with Crippen LogP contribution in [0.2, 0.25) is 0 Å². The Bertz CT molecular complexity index is 98.2. The molecule has 0 unspecified atom stereocenters. The summed E-state index contributed by atoms with van der Waals surface area (Å²) < 4.78 is 13.8. The first-order valence-electron chi connectivity index (χ1n) is 1.91. The van der Waals surface area contributed by atoms with E-state index in [9.17, 15) is 4.57 Å². The fourth-order valence-electron chi connectivity index (χ4n) is 0.149. The number of nitrogens with one attached hydrogen (secondary N) is 1. The Morgan fingerprint density at radius 2 is 2.25 bits per heavy atom. The van der Waals surface area contributed by atoms with E-state index in [0.717, 1.165) is 0 Å². The van der Waals surface area contributed by atoms with E-state index in [1.54, 1.807) is 0 Å². The minimum absolute atomic E-state index is 0.135. The molecule has 0 spiro atoms. The van der Waals surface area contributed by atoms with Crippen LogP contribution in [0.4, 0.5) is 0 Å². The van der Waals surface area contributed by atoms with Gasteiger partial charge in [-0.2, -0.15) is 0 Å². The summed E-state index contributed by atoms with van der Waals surface area (Å²) in [4.78, 5) is 16.0. The van der Waals surface area contributed by atoms with Crippen LogP contribution in [0.1, 0.15) is 0 Å². The maximum atomic E-state index is 9.82. The summed E-state index contributed by atoms with van der Waals surface area (Å²) >= 11 is 0. The molecule has 8 heavy (non-hydrogen) atoms. The Kier molecular flexibility index (Phi) is 3.19. The first kappa shape index (κ1) is 8.07. The summed E-state index contributed by atoms with van der Waals surface area (Å²) in [5.74, 6) is 0. The summed E-state index contributed by atoms with van der Waals surface area (Å²) in [5.41, 5.74) is 0. The van der Waals surface area contributed by atoms with E-state index in [-0.39, 0.29) is 6.73 Å². The van der Waals surface area contributed by atoms with Crippen LogP contribution in [0, 0.1) is 0 Å². The van der Waals surface area contributed by atoms with E-state index < -0.39 is 7.82 Å². The largest absolute Gasteiger partial charge is 0.470 e. The van der Waals surface area contributed by atoms with Crippen molar-refractivity contribution in [1.29, 1.82) is 0 Å². The van der Waals surface area contributed by atoms with Gasteiger partial charge in [0.1, 0.15) is 6.73 Å². The monoisotopic (exact) mass is 141 g/mol. The van der Waals surface area contributed by atoms with Crippen molar-refractivity contribution in [3.8, 4) is 0 Å². The molecule has 5 nitrogen and oxygen atoms in total. The lowest BCUT2D eigenvalue weighted by Gasteiger charge is -2.01. The molecule has 0 atom stereocenters. The smallest absolute Gasteiger partial charge is 0.303 e. The predicted octanol–water partition coefficient (Wildman–Crippen LogP) is -0.727. The standard InChI is InChI=1S/C2H8NO4P/c1-3-2-7-8(4,5)6/h3H,2H2,1H3,(H2,4,5,6). The van der Waals surface area contributed by atoms with Crippen molar-refractivity contribution in [3.05, 3.63) is 0 Å². The molecule has 0 rings (SSSR count). The van der Waals surface area contributed by atoms with Gasteiger partial charge >= 0.3 is 7.82 Å². The number of rotatable bonds is 3. The van der Waals surface area contributed by atoms with E-state index in [0.29, 0.717) is 0 Å². The fraction of sp³-hybridized carbons (Fsp3) is 1.00. The molecule has 6 heteroatoms. The van der Waals surface area contributed by atoms with Gasteiger partial charge < -0.3 is 9.79 Å². The summed E-state index contributed by atoms with van der Waals surface area (Å²) in [5, 5.41) is 2.41. The van der Waals surface area contributed by atoms with Crippen LogP contribution in [-0.4, -0.2) is 23.6 Å². The number of hydrogen-bond donors (Lipinski definition) is 3. The highest BCUT2D eigenvalue weighted by Gasteiger charge is 2.11. The van der Waals surface area contributed by atoms with Crippen LogP contribution in [-0.2, 0) is 9.09 Å². The van der Waals surface area contributed by atoms with Gasteiger partial charge in [-0.1, -0.05) is 0 Å². The fourth-order valence-corrected chi connectivity index (χ4v) is 0.446. The highest BCUT2D eigenvalue weighted by molar-refractivity contribution is 7.46. The van der Waals surface area contributed by atoms with Crippen LogP contribution < -0.4 is 5.32 Å². The molecular formula is C2H8NO4P. The van der Waals surface area contributed by atoms with Crippen molar-refractivity contribution in [3.63, 3.8) is 0 Å². The van der Waals surface area contributed by atoms with Crippen molar-refractivity contribution in [1.82, 2.24) is 5.32 Å². The zero-order chi connectivity index (χ0) is 6.62. The summed E-state index contributed by atoms with van der Waals surface area (Å²) in [6, 6.07) is 0. The Morgan fingerprint density at radius 1 is 1.75 bits per heavy atom. The molecule has 0 heterocycles. The Hall–Kier alpha value is 0.0700. The molecule has 0 aromatic rings. The van der Waals surface area contributed by atoms with E-state index in [2.05, 4.69) is 9.84 Å². The minimum Gasteiger partial charge on any atom is -0.303 e. The van der Waals surface area contributed by atoms with E-state index in [4.69, 9.17) is 9.79 Å². The first-order chi connectivity index (χ1) is 3.56. The molecule has 0 aliphatic heterocycles. The Morgan fingerprint density at radius 3 is 2.38 bits per heavy atom. The van der Waals surface area contributed by atoms with Crippen molar-refractivity contribution in [2.75, 3.05) is 13.8 Å². The molecule has 0 aliphatic carbocycles. The van der Waals surface area contributed by atoms with Crippen LogP contribution in [0.3, 0.4) is 0 Å². The summed E-state index contributed by atoms with van der Waals surface area (Å²) in [6.45, 7) is -0.135. The molecule has 50 valence electrons. The molecule has 0 aromatic carbocycles. The Balaban J connectivity index is 3.26. The van der Waals surface area contributed by atoms with Gasteiger partial charge in [0.25, 0.3) is 0 Å². The van der Waals surface area contributed by atoms with Gasteiger partial charge in [-0.15, -0.1) is 0 Å². The van der Waals surface area contributed by atoms with Crippen LogP contribution in [0.25, 0.3) is 0 Å². The van der Waals surface area contributed by atoms with E-state index in [1.165, 1.54) is 7.05 Å². The van der Waals surface area contributed by atoms with Crippen molar-refractivity contribution >= 4 is 7.82 Å². The quantitative estimate of drug-likeness (QED) is 0.357. The highest BCUT2D eigenvalue weighted by Crippen LogP contribution is 2.34. The molecule has 0 saturated heterocycles. The second kappa shape index (κ2) is 3.17. The zero-order valence-electron chi connectivity index (χ0n) is 4.37. The maximum absolute atomic E-state index is 9.82. The molecule has 0 amide bonds. The summed E-state index contributed by atoms with van der Waals surface area (Å²) in [7, 11) is -2.72. The second-order valence-corrected chi connectivity index (χ2v) is 2.36. The van der Waals surface area contributed by atoms with Crippen molar-refractivity contribution < 1.29 is 18.9 Å². The van der Waals surface area contributed by atoms with Crippen molar-refractivity contribution in [2.24, 2.45) is 0 Å². The lowest BCUT2D eigenvalue weighted by molar-refractivity contribution is 0.188. The molecule has 0 saturated carbocycles. The van der Waals surface area contributed by atoms with Gasteiger partial charge in [0.05, 0.1) is 0 Å². The van der Waals surface area contributed by atoms with Gasteiger partial charge in [-0.05, 0) is 7.05 Å². The topological polar surface area (TPSA) is 78.8 Å². The van der Waals surface area contributed by atoms with Crippen LogP contribution in [0.15, 0.2) is 0 Å². The molecule has 0 aliphatic rings. The van der Waals surface area contributed by atoms with Crippen LogP contribution in [0.5, 0.6) is 0 Å². The minimum atomic E-state index is -4.24. The number of hydrogen-bond acceptors (Lipinski definition) is 3. The van der Waals surface area contributed by atoms with E-state index in [1.807, 2.05) is 0 Å². The molecule has 3 N–H and O–H groups in total. The second-order valence-electron chi connectivity index (χ2n) is 1.12. The highest BCUT2D eigenvalue weighted by atomic mass is 31.2.